The Bertz CT molecular complexity index is 944. The van der Waals surface area contributed by atoms with Crippen molar-refractivity contribution >= 4 is 23.6 Å². The fourth-order valence-electron chi connectivity index (χ4n) is 4.78. The summed E-state index contributed by atoms with van der Waals surface area (Å²) in [6.07, 6.45) is 6.32. The van der Waals surface area contributed by atoms with Crippen LogP contribution in [0.4, 0.5) is 0 Å². The molecule has 2 rings (SSSR count). The molecule has 0 radical (unpaired) electrons. The van der Waals surface area contributed by atoms with Crippen LogP contribution < -0.4 is 16.0 Å². The molecular formula is C29H44N4O4. The highest BCUT2D eigenvalue weighted by Gasteiger charge is 2.38. The average molecular weight is 513 g/mol. The maximum atomic E-state index is 13.9. The van der Waals surface area contributed by atoms with E-state index in [-0.39, 0.29) is 35.6 Å². The zero-order chi connectivity index (χ0) is 27.5. The SMILES string of the molecule is CNC(=O)[C@@H](NC(=O)[C@@H]1CCCN1C(=O)[C@H](/C=C/[C@H](CC(C)C)NC(C)=O)Cc1ccccc1)C(C)C. The van der Waals surface area contributed by atoms with Crippen LogP contribution in [0.15, 0.2) is 42.5 Å². The van der Waals surface area contributed by atoms with Gasteiger partial charge in [-0.3, -0.25) is 19.2 Å². The molecule has 0 aromatic heterocycles. The number of likely N-dealkylation sites (tertiary alicyclic amines) is 1. The molecule has 1 fully saturated rings. The van der Waals surface area contributed by atoms with E-state index in [1.54, 1.807) is 11.9 Å². The maximum absolute atomic E-state index is 13.9. The number of likely N-dealkylation sites (N-methyl/N-ethyl adjacent to an activating group) is 1. The molecule has 8 heteroatoms. The standard InChI is InChI=1S/C29H44N4O4/c1-19(2)17-24(31-21(5)34)15-14-23(18-22-11-8-7-9-12-22)29(37)33-16-10-13-25(33)27(35)32-26(20(3)4)28(36)30-6/h7-9,11-12,14-15,19-20,23-26H,10,13,16-18H2,1-6H3,(H,30,36)(H,31,34)(H,32,35)/b15-14+/t23-,24-,25+,26+/m1/s1. The smallest absolute Gasteiger partial charge is 0.243 e. The van der Waals surface area contributed by atoms with Crippen LogP contribution in [-0.4, -0.2) is 60.2 Å². The molecule has 1 aromatic rings. The molecule has 0 aliphatic carbocycles. The van der Waals surface area contributed by atoms with Gasteiger partial charge in [0.15, 0.2) is 0 Å². The van der Waals surface area contributed by atoms with Crippen molar-refractivity contribution in [1.82, 2.24) is 20.9 Å². The minimum absolute atomic E-state index is 0.0881. The summed E-state index contributed by atoms with van der Waals surface area (Å²) in [6.45, 7) is 9.91. The first kappa shape index (κ1) is 30.1. The average Bonchev–Trinajstić information content (AvgIpc) is 3.33. The van der Waals surface area contributed by atoms with E-state index in [1.165, 1.54) is 6.92 Å². The molecule has 204 valence electrons. The normalized spacial score (nSPS) is 18.1. The fraction of sp³-hybridized carbons (Fsp3) is 0.586. The number of hydrogen-bond donors (Lipinski definition) is 3. The van der Waals surface area contributed by atoms with Gasteiger partial charge in [0.1, 0.15) is 12.1 Å². The number of nitrogens with zero attached hydrogens (tertiary/aromatic N) is 1. The van der Waals surface area contributed by atoms with Gasteiger partial charge in [0, 0.05) is 26.6 Å². The minimum atomic E-state index is -0.662. The molecule has 1 aromatic carbocycles. The molecule has 1 aliphatic rings. The van der Waals surface area contributed by atoms with Gasteiger partial charge < -0.3 is 20.9 Å². The quantitative estimate of drug-likeness (QED) is 0.374. The van der Waals surface area contributed by atoms with Crippen LogP contribution >= 0.6 is 0 Å². The molecule has 3 N–H and O–H groups in total. The van der Waals surface area contributed by atoms with E-state index >= 15 is 0 Å². The molecule has 0 unspecified atom stereocenters. The molecule has 8 nitrogen and oxygen atoms in total. The molecule has 1 aliphatic heterocycles. The van der Waals surface area contributed by atoms with Crippen LogP contribution in [0.25, 0.3) is 0 Å². The topological polar surface area (TPSA) is 108 Å². The number of carbonyl (C=O) groups is 4. The summed E-state index contributed by atoms with van der Waals surface area (Å²) in [6, 6.07) is 8.32. The zero-order valence-electron chi connectivity index (χ0n) is 23.1. The van der Waals surface area contributed by atoms with Crippen molar-refractivity contribution in [2.75, 3.05) is 13.6 Å². The van der Waals surface area contributed by atoms with E-state index in [2.05, 4.69) is 29.8 Å². The summed E-state index contributed by atoms with van der Waals surface area (Å²) in [4.78, 5) is 52.8. The van der Waals surface area contributed by atoms with Gasteiger partial charge >= 0.3 is 0 Å². The van der Waals surface area contributed by atoms with Gasteiger partial charge in [0.05, 0.1) is 5.92 Å². The number of carbonyl (C=O) groups excluding carboxylic acids is 4. The van der Waals surface area contributed by atoms with E-state index in [0.29, 0.717) is 25.3 Å². The fourth-order valence-corrected chi connectivity index (χ4v) is 4.78. The van der Waals surface area contributed by atoms with Crippen LogP contribution in [0.3, 0.4) is 0 Å². The van der Waals surface area contributed by atoms with E-state index < -0.39 is 18.0 Å². The Morgan fingerprint density at radius 3 is 2.27 bits per heavy atom. The number of rotatable bonds is 12. The predicted octanol–water partition coefficient (Wildman–Crippen LogP) is 2.83. The van der Waals surface area contributed by atoms with Crippen LogP contribution in [0.1, 0.15) is 59.4 Å². The Balaban J connectivity index is 2.28. The van der Waals surface area contributed by atoms with Gasteiger partial charge in [-0.1, -0.05) is 70.2 Å². The predicted molar refractivity (Wildman–Crippen MR) is 145 cm³/mol. The van der Waals surface area contributed by atoms with E-state index in [1.807, 2.05) is 56.3 Å². The second kappa shape index (κ2) is 14.5. The summed E-state index contributed by atoms with van der Waals surface area (Å²) >= 11 is 0. The molecule has 0 spiro atoms. The van der Waals surface area contributed by atoms with Gasteiger partial charge in [0.2, 0.25) is 23.6 Å². The Morgan fingerprint density at radius 2 is 1.70 bits per heavy atom. The molecule has 4 atom stereocenters. The third-order valence-corrected chi connectivity index (χ3v) is 6.64. The van der Waals surface area contributed by atoms with Crippen LogP contribution in [0.2, 0.25) is 0 Å². The van der Waals surface area contributed by atoms with Crippen molar-refractivity contribution in [1.29, 1.82) is 0 Å². The molecule has 0 saturated carbocycles. The van der Waals surface area contributed by atoms with E-state index in [9.17, 15) is 19.2 Å². The second-order valence-corrected chi connectivity index (χ2v) is 10.7. The number of amides is 4. The van der Waals surface area contributed by atoms with Crippen molar-refractivity contribution < 1.29 is 19.2 Å². The third kappa shape index (κ3) is 9.34. The molecular weight excluding hydrogens is 468 g/mol. The van der Waals surface area contributed by atoms with Crippen molar-refractivity contribution in [3.63, 3.8) is 0 Å². The van der Waals surface area contributed by atoms with Crippen molar-refractivity contribution in [3.05, 3.63) is 48.0 Å². The second-order valence-electron chi connectivity index (χ2n) is 10.7. The first-order valence-corrected chi connectivity index (χ1v) is 13.3. The van der Waals surface area contributed by atoms with E-state index in [0.717, 1.165) is 18.4 Å². The van der Waals surface area contributed by atoms with Crippen LogP contribution in [0.5, 0.6) is 0 Å². The molecule has 0 bridgehead atoms. The number of nitrogens with one attached hydrogen (secondary N) is 3. The summed E-state index contributed by atoms with van der Waals surface area (Å²) in [5.74, 6) is -0.998. The maximum Gasteiger partial charge on any atom is 0.243 e. The Labute approximate surface area is 221 Å². The van der Waals surface area contributed by atoms with Gasteiger partial charge in [-0.15, -0.1) is 0 Å². The first-order valence-electron chi connectivity index (χ1n) is 13.3. The summed E-state index contributed by atoms with van der Waals surface area (Å²) in [5, 5.41) is 8.43. The lowest BCUT2D eigenvalue weighted by atomic mass is 9.94. The summed E-state index contributed by atoms with van der Waals surface area (Å²) in [5.41, 5.74) is 1.02. The van der Waals surface area contributed by atoms with Crippen LogP contribution in [-0.2, 0) is 25.6 Å². The molecule has 4 amide bonds. The molecule has 37 heavy (non-hydrogen) atoms. The van der Waals surface area contributed by atoms with Gasteiger partial charge in [-0.2, -0.15) is 0 Å². The number of hydrogen-bond acceptors (Lipinski definition) is 4. The first-order chi connectivity index (χ1) is 17.5. The highest BCUT2D eigenvalue weighted by Crippen LogP contribution is 2.24. The third-order valence-electron chi connectivity index (χ3n) is 6.64. The lowest BCUT2D eigenvalue weighted by molar-refractivity contribution is -0.141. The largest absolute Gasteiger partial charge is 0.357 e. The Kier molecular flexibility index (Phi) is 11.8. The summed E-state index contributed by atoms with van der Waals surface area (Å²) in [7, 11) is 1.54. The molecule has 1 saturated heterocycles. The van der Waals surface area contributed by atoms with Crippen LogP contribution in [0, 0.1) is 17.8 Å². The van der Waals surface area contributed by atoms with Crippen molar-refractivity contribution in [2.24, 2.45) is 17.8 Å². The minimum Gasteiger partial charge on any atom is -0.357 e. The zero-order valence-corrected chi connectivity index (χ0v) is 23.1. The molecule has 1 heterocycles. The lowest BCUT2D eigenvalue weighted by Gasteiger charge is -2.29. The Morgan fingerprint density at radius 1 is 1.03 bits per heavy atom. The highest BCUT2D eigenvalue weighted by molar-refractivity contribution is 5.93. The van der Waals surface area contributed by atoms with Crippen molar-refractivity contribution in [3.8, 4) is 0 Å². The monoisotopic (exact) mass is 512 g/mol. The van der Waals surface area contributed by atoms with Gasteiger partial charge in [-0.05, 0) is 43.1 Å². The van der Waals surface area contributed by atoms with E-state index in [4.69, 9.17) is 0 Å². The lowest BCUT2D eigenvalue weighted by Crippen LogP contribution is -2.55. The van der Waals surface area contributed by atoms with Gasteiger partial charge in [0.25, 0.3) is 0 Å². The Hall–Kier alpha value is -3.16. The van der Waals surface area contributed by atoms with Crippen molar-refractivity contribution in [2.45, 2.75) is 78.4 Å². The van der Waals surface area contributed by atoms with Gasteiger partial charge in [-0.25, -0.2) is 0 Å². The summed E-state index contributed by atoms with van der Waals surface area (Å²) < 4.78 is 0. The number of benzene rings is 1. The highest BCUT2D eigenvalue weighted by atomic mass is 16.2.